The van der Waals surface area contributed by atoms with Crippen LogP contribution in [0.4, 0.5) is 0 Å². The Labute approximate surface area is 202 Å². The van der Waals surface area contributed by atoms with E-state index >= 15 is 0 Å². The second-order valence-corrected chi connectivity index (χ2v) is 11.3. The molecule has 2 heterocycles. The number of amides is 1. The van der Waals surface area contributed by atoms with Crippen molar-refractivity contribution in [3.63, 3.8) is 0 Å². The van der Waals surface area contributed by atoms with E-state index in [2.05, 4.69) is 30.7 Å². The fourth-order valence-corrected chi connectivity index (χ4v) is 6.83. The smallest absolute Gasteiger partial charge is 0.253 e. The van der Waals surface area contributed by atoms with Crippen LogP contribution in [-0.4, -0.2) is 81.5 Å². The monoisotopic (exact) mass is 520 g/mol. The highest BCUT2D eigenvalue weighted by Gasteiger charge is 2.34. The van der Waals surface area contributed by atoms with Gasteiger partial charge in [0, 0.05) is 32.2 Å². The molecule has 1 fully saturated rings. The third kappa shape index (κ3) is 4.94. The second-order valence-electron chi connectivity index (χ2n) is 8.15. The van der Waals surface area contributed by atoms with Gasteiger partial charge in [-0.2, -0.15) is 5.21 Å². The molecule has 4 rings (SSSR count). The van der Waals surface area contributed by atoms with Gasteiger partial charge in [-0.1, -0.05) is 24.3 Å². The van der Waals surface area contributed by atoms with E-state index in [-0.39, 0.29) is 28.4 Å². The first-order valence-electron chi connectivity index (χ1n) is 10.5. The van der Waals surface area contributed by atoms with Crippen LogP contribution in [0, 0.1) is 0 Å². The largest absolute Gasteiger partial charge is 0.345 e. The van der Waals surface area contributed by atoms with Gasteiger partial charge >= 0.3 is 0 Å². The summed E-state index contributed by atoms with van der Waals surface area (Å²) in [5.41, 5.74) is 0.608. The number of carbonyl (C=O) groups excluding carboxylic acids is 1. The van der Waals surface area contributed by atoms with Crippen LogP contribution in [0.3, 0.4) is 0 Å². The first-order valence-corrected chi connectivity index (χ1v) is 13.5. The van der Waals surface area contributed by atoms with Gasteiger partial charge in [0.2, 0.25) is 25.9 Å². The molecule has 13 nitrogen and oxygen atoms in total. The lowest BCUT2D eigenvalue weighted by atomic mass is 9.94. The minimum absolute atomic E-state index is 0.187. The van der Waals surface area contributed by atoms with Gasteiger partial charge in [-0.3, -0.25) is 4.79 Å². The predicted octanol–water partition coefficient (Wildman–Crippen LogP) is -0.477. The van der Waals surface area contributed by atoms with E-state index in [1.54, 1.807) is 38.4 Å². The molecule has 35 heavy (non-hydrogen) atoms. The Kier molecular flexibility index (Phi) is 6.70. The van der Waals surface area contributed by atoms with E-state index in [1.165, 1.54) is 11.0 Å². The van der Waals surface area contributed by atoms with Crippen LogP contribution in [0.25, 0.3) is 22.5 Å². The number of nitrogens with two attached hydrogens (primary N) is 1. The third-order valence-electron chi connectivity index (χ3n) is 5.50. The number of aromatic amines is 1. The number of nitrogens with zero attached hydrogens (tertiary/aromatic N) is 4. The molecule has 186 valence electrons. The molecule has 2 aromatic carbocycles. The Morgan fingerprint density at radius 2 is 1.86 bits per heavy atom. The predicted molar refractivity (Wildman–Crippen MR) is 126 cm³/mol. The van der Waals surface area contributed by atoms with Gasteiger partial charge in [0.1, 0.15) is 9.79 Å². The number of rotatable bonds is 7. The van der Waals surface area contributed by atoms with Crippen LogP contribution < -0.4 is 15.2 Å². The number of aromatic nitrogens is 4. The lowest BCUT2D eigenvalue weighted by Gasteiger charge is -2.20. The summed E-state index contributed by atoms with van der Waals surface area (Å²) in [4.78, 5) is 13.0. The van der Waals surface area contributed by atoms with Crippen molar-refractivity contribution >= 4 is 26.0 Å². The van der Waals surface area contributed by atoms with Crippen LogP contribution in [0.15, 0.2) is 46.2 Å². The summed E-state index contributed by atoms with van der Waals surface area (Å²) >= 11 is 0. The highest BCUT2D eigenvalue weighted by atomic mass is 32.2. The van der Waals surface area contributed by atoms with Crippen molar-refractivity contribution < 1.29 is 21.6 Å². The van der Waals surface area contributed by atoms with Crippen LogP contribution in [-0.2, 0) is 20.0 Å². The number of sulfonamides is 2. The molecule has 0 bridgehead atoms. The van der Waals surface area contributed by atoms with Crippen LogP contribution in [0.5, 0.6) is 0 Å². The quantitative estimate of drug-likeness (QED) is 0.318. The topological polar surface area (TPSA) is 193 Å². The van der Waals surface area contributed by atoms with Gasteiger partial charge in [-0.15, -0.1) is 10.2 Å². The number of hydrogen-bond acceptors (Lipinski definition) is 9. The number of hydrogen-bond donors (Lipinski definition) is 4. The molecule has 1 aliphatic rings. The highest BCUT2D eigenvalue weighted by Crippen LogP contribution is 2.40. The van der Waals surface area contributed by atoms with Gasteiger partial charge in [0.15, 0.2) is 0 Å². The van der Waals surface area contributed by atoms with Crippen molar-refractivity contribution in [3.8, 4) is 22.5 Å². The van der Waals surface area contributed by atoms with Gasteiger partial charge in [-0.05, 0) is 41.4 Å². The van der Waals surface area contributed by atoms with E-state index in [4.69, 9.17) is 5.14 Å². The minimum atomic E-state index is -4.64. The third-order valence-corrected chi connectivity index (χ3v) is 8.19. The molecule has 15 heteroatoms. The van der Waals surface area contributed by atoms with Crippen molar-refractivity contribution in [2.45, 2.75) is 22.3 Å². The van der Waals surface area contributed by atoms with Crippen molar-refractivity contribution in [3.05, 3.63) is 42.0 Å². The van der Waals surface area contributed by atoms with Crippen LogP contribution >= 0.6 is 0 Å². The lowest BCUT2D eigenvalue weighted by molar-refractivity contribution is 0.0828. The Morgan fingerprint density at radius 1 is 1.11 bits per heavy atom. The molecule has 1 atom stereocenters. The normalized spacial score (nSPS) is 16.4. The SMILES string of the molecule is CN(C)C(=O)c1ccccc1-c1ccc(S(=O)(=O)NC2CCNC2)c(S(N)(=O)=O)c1-c1nn[nH]n1. The summed E-state index contributed by atoms with van der Waals surface area (Å²) in [6.45, 7) is 1.03. The highest BCUT2D eigenvalue weighted by molar-refractivity contribution is 7.92. The van der Waals surface area contributed by atoms with Crippen molar-refractivity contribution in [2.75, 3.05) is 27.2 Å². The molecule has 1 aromatic heterocycles. The first kappa shape index (κ1) is 24.9. The molecule has 1 unspecified atom stereocenters. The van der Waals surface area contributed by atoms with Crippen LogP contribution in [0.2, 0.25) is 0 Å². The molecular formula is C20H24N8O5S2. The summed E-state index contributed by atoms with van der Waals surface area (Å²) in [6, 6.07) is 8.65. The molecule has 0 spiro atoms. The average molecular weight is 521 g/mol. The zero-order valence-corrected chi connectivity index (χ0v) is 20.5. The number of tetrazole rings is 1. The molecular weight excluding hydrogens is 496 g/mol. The summed E-state index contributed by atoms with van der Waals surface area (Å²) < 4.78 is 54.9. The number of nitrogens with one attached hydrogen (secondary N) is 3. The Bertz CT molecular complexity index is 1470. The number of carbonyl (C=O) groups is 1. The first-order chi connectivity index (χ1) is 16.5. The summed E-state index contributed by atoms with van der Waals surface area (Å²) in [6.07, 6.45) is 0.541. The Balaban J connectivity index is 2.04. The number of benzene rings is 2. The number of H-pyrrole nitrogens is 1. The van der Waals surface area contributed by atoms with Crippen molar-refractivity contribution in [1.29, 1.82) is 0 Å². The van der Waals surface area contributed by atoms with Gasteiger partial charge < -0.3 is 10.2 Å². The zero-order valence-electron chi connectivity index (χ0n) is 18.9. The van der Waals surface area contributed by atoms with Crippen molar-refractivity contribution in [2.24, 2.45) is 5.14 Å². The van der Waals surface area contributed by atoms with E-state index in [9.17, 15) is 21.6 Å². The average Bonchev–Trinajstić information content (AvgIpc) is 3.51. The van der Waals surface area contributed by atoms with Gasteiger partial charge in [-0.25, -0.2) is 26.7 Å². The molecule has 0 saturated carbocycles. The molecule has 0 aliphatic carbocycles. The summed E-state index contributed by atoms with van der Waals surface area (Å²) in [7, 11) is -5.80. The molecule has 1 amide bonds. The fraction of sp³-hybridized carbons (Fsp3) is 0.300. The molecule has 5 N–H and O–H groups in total. The van der Waals surface area contributed by atoms with Crippen molar-refractivity contribution in [1.82, 2.24) is 35.6 Å². The summed E-state index contributed by atoms with van der Waals surface area (Å²) in [5.74, 6) is -0.542. The maximum atomic E-state index is 13.3. The maximum absolute atomic E-state index is 13.3. The lowest BCUT2D eigenvalue weighted by Crippen LogP contribution is -2.37. The van der Waals surface area contributed by atoms with E-state index in [0.29, 0.717) is 25.1 Å². The zero-order chi connectivity index (χ0) is 25.4. The van der Waals surface area contributed by atoms with Crippen LogP contribution in [0.1, 0.15) is 16.8 Å². The summed E-state index contributed by atoms with van der Waals surface area (Å²) in [5, 5.41) is 22.1. The van der Waals surface area contributed by atoms with E-state index < -0.39 is 35.9 Å². The van der Waals surface area contributed by atoms with Gasteiger partial charge in [0.25, 0.3) is 5.91 Å². The second kappa shape index (κ2) is 9.43. The Hall–Kier alpha value is -3.24. The van der Waals surface area contributed by atoms with E-state index in [1.807, 2.05) is 0 Å². The molecule has 1 aliphatic heterocycles. The molecule has 0 radical (unpaired) electrons. The minimum Gasteiger partial charge on any atom is -0.345 e. The number of primary sulfonamides is 1. The molecule has 3 aromatic rings. The van der Waals surface area contributed by atoms with E-state index in [0.717, 1.165) is 6.07 Å². The fourth-order valence-electron chi connectivity index (χ4n) is 3.96. The van der Waals surface area contributed by atoms with Gasteiger partial charge in [0.05, 0.1) is 5.56 Å². The maximum Gasteiger partial charge on any atom is 0.253 e. The standard InChI is InChI=1S/C20H24N8O5S2/c1-28(2)20(29)15-6-4-3-5-13(15)14-7-8-16(35(32,33)25-12-9-10-22-11-12)18(34(21,30)31)17(14)19-23-26-27-24-19/h3-8,12,22,25H,9-11H2,1-2H3,(H2,21,30,31)(H,23,24,26,27). The Morgan fingerprint density at radius 3 is 2.46 bits per heavy atom. The molecule has 1 saturated heterocycles.